The van der Waals surface area contributed by atoms with Crippen molar-refractivity contribution in [1.29, 1.82) is 0 Å². The lowest BCUT2D eigenvalue weighted by molar-refractivity contribution is 0.153. The number of phenolic OH excluding ortho intramolecular Hbond substituents is 1. The van der Waals surface area contributed by atoms with Gasteiger partial charge in [-0.15, -0.1) is 0 Å². The minimum absolute atomic E-state index is 0.212. The van der Waals surface area contributed by atoms with E-state index >= 15 is 0 Å². The van der Waals surface area contributed by atoms with E-state index in [1.807, 2.05) is 12.1 Å². The predicted molar refractivity (Wildman–Crippen MR) is 130 cm³/mol. The van der Waals surface area contributed by atoms with Gasteiger partial charge in [0.05, 0.1) is 15.9 Å². The van der Waals surface area contributed by atoms with Crippen molar-refractivity contribution in [3.63, 3.8) is 0 Å². The summed E-state index contributed by atoms with van der Waals surface area (Å²) >= 11 is 0. The van der Waals surface area contributed by atoms with Crippen LogP contribution in [0.25, 0.3) is 0 Å². The minimum Gasteiger partial charge on any atom is -0.508 e. The van der Waals surface area contributed by atoms with Crippen LogP contribution in [0.15, 0.2) is 46.2 Å². The molecular formula is C28H36O4S. The van der Waals surface area contributed by atoms with Crippen LogP contribution in [0.1, 0.15) is 106 Å². The first-order chi connectivity index (χ1) is 16.0. The summed E-state index contributed by atoms with van der Waals surface area (Å²) < 4.78 is 33.8. The van der Waals surface area contributed by atoms with Crippen LogP contribution < -0.4 is 4.74 Å². The van der Waals surface area contributed by atoms with Gasteiger partial charge < -0.3 is 9.84 Å². The summed E-state index contributed by atoms with van der Waals surface area (Å²) in [4.78, 5) is 0.615. The number of sulfone groups is 1. The fraction of sp³-hybridized carbons (Fsp3) is 0.571. The Morgan fingerprint density at radius 2 is 1.18 bits per heavy atom. The molecule has 3 saturated carbocycles. The zero-order valence-corrected chi connectivity index (χ0v) is 20.3. The van der Waals surface area contributed by atoms with Gasteiger partial charge in [-0.05, 0) is 111 Å². The molecule has 0 spiro atoms. The maximum Gasteiger partial charge on any atom is 0.206 e. The van der Waals surface area contributed by atoms with Gasteiger partial charge in [0.1, 0.15) is 11.5 Å². The normalized spacial score (nSPS) is 21.0. The van der Waals surface area contributed by atoms with Crippen molar-refractivity contribution in [2.75, 3.05) is 0 Å². The highest BCUT2D eigenvalue weighted by Crippen LogP contribution is 2.43. The molecule has 1 N–H and O–H groups in total. The van der Waals surface area contributed by atoms with E-state index in [2.05, 4.69) is 0 Å². The minimum atomic E-state index is -3.68. The Labute approximate surface area is 198 Å². The number of phenols is 1. The largest absolute Gasteiger partial charge is 0.508 e. The molecule has 0 radical (unpaired) electrons. The van der Waals surface area contributed by atoms with E-state index in [4.69, 9.17) is 4.74 Å². The lowest BCUT2D eigenvalue weighted by atomic mass is 9.95. The number of aromatic hydroxyl groups is 1. The van der Waals surface area contributed by atoms with Crippen LogP contribution in [-0.2, 0) is 9.84 Å². The molecule has 0 saturated heterocycles. The van der Waals surface area contributed by atoms with E-state index in [1.54, 1.807) is 24.3 Å². The molecular weight excluding hydrogens is 432 g/mol. The maximum atomic E-state index is 13.7. The molecule has 4 nitrogen and oxygen atoms in total. The number of hydrogen-bond donors (Lipinski definition) is 1. The molecule has 0 atom stereocenters. The molecule has 3 aliphatic carbocycles. The molecule has 5 rings (SSSR count). The van der Waals surface area contributed by atoms with E-state index in [0.29, 0.717) is 10.8 Å². The number of ether oxygens (including phenoxy) is 1. The Morgan fingerprint density at radius 1 is 0.667 bits per heavy atom. The van der Waals surface area contributed by atoms with Gasteiger partial charge in [0, 0.05) is 0 Å². The Hall–Kier alpha value is -2.01. The molecule has 0 aliphatic heterocycles. The summed E-state index contributed by atoms with van der Waals surface area (Å²) in [6.07, 6.45) is 15.0. The third-order valence-corrected chi connectivity index (χ3v) is 9.79. The number of rotatable bonds is 6. The second-order valence-electron chi connectivity index (χ2n) is 10.3. The molecule has 0 bridgehead atoms. The van der Waals surface area contributed by atoms with Crippen LogP contribution in [0.4, 0.5) is 0 Å². The van der Waals surface area contributed by atoms with Gasteiger partial charge in [0.2, 0.25) is 9.84 Å². The zero-order valence-electron chi connectivity index (χ0n) is 19.5. The molecule has 0 amide bonds. The zero-order chi connectivity index (χ0) is 22.8. The Bertz CT molecular complexity index is 1070. The van der Waals surface area contributed by atoms with Crippen molar-refractivity contribution in [2.24, 2.45) is 0 Å². The van der Waals surface area contributed by atoms with E-state index in [0.717, 1.165) is 68.2 Å². The maximum absolute atomic E-state index is 13.7. The van der Waals surface area contributed by atoms with Gasteiger partial charge >= 0.3 is 0 Å². The second-order valence-corrected chi connectivity index (χ2v) is 12.2. The van der Waals surface area contributed by atoms with E-state index in [1.165, 1.54) is 32.1 Å². The van der Waals surface area contributed by atoms with Gasteiger partial charge in [-0.3, -0.25) is 0 Å². The summed E-state index contributed by atoms with van der Waals surface area (Å²) in [7, 11) is -3.68. The van der Waals surface area contributed by atoms with Crippen LogP contribution >= 0.6 is 0 Å². The quantitative estimate of drug-likeness (QED) is 0.485. The van der Waals surface area contributed by atoms with Crippen molar-refractivity contribution in [2.45, 2.75) is 111 Å². The fourth-order valence-electron chi connectivity index (χ4n) is 6.12. The average molecular weight is 469 g/mol. The molecule has 2 aromatic carbocycles. The van der Waals surface area contributed by atoms with Crippen LogP contribution in [0, 0.1) is 0 Å². The van der Waals surface area contributed by atoms with Crippen molar-refractivity contribution in [3.8, 4) is 11.5 Å². The lowest BCUT2D eigenvalue weighted by Gasteiger charge is -2.26. The van der Waals surface area contributed by atoms with Crippen molar-refractivity contribution >= 4 is 9.84 Å². The van der Waals surface area contributed by atoms with Crippen LogP contribution in [0.2, 0.25) is 0 Å². The predicted octanol–water partition coefficient (Wildman–Crippen LogP) is 7.25. The van der Waals surface area contributed by atoms with Crippen LogP contribution in [-0.4, -0.2) is 19.6 Å². The second kappa shape index (κ2) is 9.69. The molecule has 0 unspecified atom stereocenters. The first-order valence-corrected chi connectivity index (χ1v) is 14.4. The van der Waals surface area contributed by atoms with Crippen LogP contribution in [0.3, 0.4) is 0 Å². The molecule has 178 valence electrons. The van der Waals surface area contributed by atoms with E-state index in [-0.39, 0.29) is 22.7 Å². The van der Waals surface area contributed by atoms with E-state index < -0.39 is 9.84 Å². The summed E-state index contributed by atoms with van der Waals surface area (Å²) in [6, 6.07) is 10.3. The molecule has 0 heterocycles. The fourth-order valence-corrected chi connectivity index (χ4v) is 7.45. The SMILES string of the molecule is O=S(=O)(c1ccc(O)c(C2CCCC2)c1)c1ccc(OC2CCCCC2)c(C2CCCC2)c1. The Kier molecular flexibility index (Phi) is 6.69. The first-order valence-electron chi connectivity index (χ1n) is 12.9. The van der Waals surface area contributed by atoms with Crippen molar-refractivity contribution < 1.29 is 18.3 Å². The number of hydrogen-bond acceptors (Lipinski definition) is 4. The molecule has 3 fully saturated rings. The summed E-state index contributed by atoms with van der Waals surface area (Å²) in [5.41, 5.74) is 1.84. The van der Waals surface area contributed by atoms with Crippen molar-refractivity contribution in [3.05, 3.63) is 47.5 Å². The van der Waals surface area contributed by atoms with Gasteiger partial charge in [0.25, 0.3) is 0 Å². The number of benzene rings is 2. The summed E-state index contributed by atoms with van der Waals surface area (Å²) in [6.45, 7) is 0. The highest BCUT2D eigenvalue weighted by Gasteiger charge is 2.28. The van der Waals surface area contributed by atoms with E-state index in [9.17, 15) is 13.5 Å². The Balaban J connectivity index is 1.49. The lowest BCUT2D eigenvalue weighted by Crippen LogP contribution is -2.20. The topological polar surface area (TPSA) is 63.6 Å². The molecule has 3 aliphatic rings. The highest BCUT2D eigenvalue weighted by molar-refractivity contribution is 7.91. The average Bonchev–Trinajstić information content (AvgIpc) is 3.55. The molecule has 33 heavy (non-hydrogen) atoms. The van der Waals surface area contributed by atoms with Crippen LogP contribution in [0.5, 0.6) is 11.5 Å². The summed E-state index contributed by atoms with van der Waals surface area (Å²) in [5, 5.41) is 10.4. The van der Waals surface area contributed by atoms with Gasteiger partial charge in [0.15, 0.2) is 0 Å². The standard InChI is InChI=1S/C28H36O4S/c29-27-16-14-23(18-25(27)20-8-4-5-9-20)33(30,31)24-15-17-28(32-22-12-2-1-3-13-22)26(19-24)21-10-6-7-11-21/h14-22,29H,1-13H2. The van der Waals surface area contributed by atoms with Crippen molar-refractivity contribution in [1.82, 2.24) is 0 Å². The molecule has 5 heteroatoms. The monoisotopic (exact) mass is 468 g/mol. The van der Waals surface area contributed by atoms with Gasteiger partial charge in [-0.25, -0.2) is 8.42 Å². The van der Waals surface area contributed by atoms with Gasteiger partial charge in [-0.2, -0.15) is 0 Å². The summed E-state index contributed by atoms with van der Waals surface area (Å²) in [5.74, 6) is 1.71. The molecule has 0 aromatic heterocycles. The van der Waals surface area contributed by atoms with Gasteiger partial charge in [-0.1, -0.05) is 32.1 Å². The third kappa shape index (κ3) is 4.80. The highest BCUT2D eigenvalue weighted by atomic mass is 32.2. The third-order valence-electron chi connectivity index (χ3n) is 8.04. The first kappa shape index (κ1) is 22.8. The molecule has 2 aromatic rings. The smallest absolute Gasteiger partial charge is 0.206 e. The Morgan fingerprint density at radius 3 is 1.82 bits per heavy atom.